The lowest BCUT2D eigenvalue weighted by molar-refractivity contribution is -0.140. The lowest BCUT2D eigenvalue weighted by Crippen LogP contribution is -2.65. The van der Waals surface area contributed by atoms with Gasteiger partial charge in [-0.05, 0) is 43.4 Å². The summed E-state index contributed by atoms with van der Waals surface area (Å²) < 4.78 is 61.2. The van der Waals surface area contributed by atoms with Gasteiger partial charge in [-0.15, -0.1) is 0 Å². The van der Waals surface area contributed by atoms with E-state index in [-0.39, 0.29) is 36.4 Å². The van der Waals surface area contributed by atoms with Crippen molar-refractivity contribution in [3.63, 3.8) is 0 Å². The fourth-order valence-corrected chi connectivity index (χ4v) is 4.55. The number of aromatic nitrogens is 3. The highest BCUT2D eigenvalue weighted by Crippen LogP contribution is 2.43. The van der Waals surface area contributed by atoms with Crippen LogP contribution in [0.25, 0.3) is 5.65 Å². The molecule has 2 N–H and O–H groups in total. The molecule has 0 spiro atoms. The van der Waals surface area contributed by atoms with E-state index < -0.39 is 34.6 Å². The van der Waals surface area contributed by atoms with Gasteiger partial charge in [-0.2, -0.15) is 18.3 Å². The highest BCUT2D eigenvalue weighted by Gasteiger charge is 2.53. The molecule has 180 valence electrons. The molecule has 2 fully saturated rings. The van der Waals surface area contributed by atoms with Crippen molar-refractivity contribution in [2.75, 3.05) is 13.2 Å². The van der Waals surface area contributed by atoms with Crippen molar-refractivity contribution < 1.29 is 32.2 Å². The van der Waals surface area contributed by atoms with Gasteiger partial charge in [0.2, 0.25) is 0 Å². The van der Waals surface area contributed by atoms with E-state index >= 15 is 4.39 Å². The summed E-state index contributed by atoms with van der Waals surface area (Å²) >= 11 is 0. The molecule has 0 unspecified atom stereocenters. The smallest absolute Gasteiger partial charge is 0.385 e. The lowest BCUT2D eigenvalue weighted by atomic mass is 9.71. The largest absolute Gasteiger partial charge is 0.416 e. The molecule has 1 aliphatic heterocycles. The number of nitrogens with zero attached hydrogens (tertiary/aromatic N) is 3. The maximum Gasteiger partial charge on any atom is 0.416 e. The summed E-state index contributed by atoms with van der Waals surface area (Å²) in [4.78, 5) is 17.7. The van der Waals surface area contributed by atoms with Crippen molar-refractivity contribution in [2.45, 2.75) is 49.4 Å². The number of carbonyl (C=O) groups is 1. The van der Waals surface area contributed by atoms with Crippen LogP contribution in [-0.4, -0.2) is 44.4 Å². The monoisotopic (exact) mass is 478 g/mol. The maximum atomic E-state index is 15.1. The molecule has 1 saturated carbocycles. The molecule has 3 aromatic rings. The van der Waals surface area contributed by atoms with E-state index in [4.69, 9.17) is 4.74 Å². The summed E-state index contributed by atoms with van der Waals surface area (Å²) in [5, 5.41) is 18.1. The molecule has 1 aliphatic carbocycles. The molecule has 5 rings (SSSR count). The van der Waals surface area contributed by atoms with Crippen molar-refractivity contribution in [1.29, 1.82) is 0 Å². The van der Waals surface area contributed by atoms with Crippen molar-refractivity contribution in [3.8, 4) is 0 Å². The van der Waals surface area contributed by atoms with Crippen LogP contribution < -0.4 is 5.32 Å². The Labute approximate surface area is 191 Å². The number of alkyl halides is 3. The van der Waals surface area contributed by atoms with E-state index in [1.807, 2.05) is 0 Å². The molecule has 1 aromatic carbocycles. The highest BCUT2D eigenvalue weighted by atomic mass is 19.4. The van der Waals surface area contributed by atoms with Crippen molar-refractivity contribution >= 4 is 11.6 Å². The molecule has 0 bridgehead atoms. The Kier molecular flexibility index (Phi) is 5.17. The number of carbonyl (C=O) groups excluding carboxylic acids is 1. The van der Waals surface area contributed by atoms with E-state index in [2.05, 4.69) is 15.4 Å². The zero-order valence-electron chi connectivity index (χ0n) is 18.2. The third-order valence-electron chi connectivity index (χ3n) is 6.68. The van der Waals surface area contributed by atoms with E-state index in [1.165, 1.54) is 17.6 Å². The Bertz CT molecular complexity index is 1270. The first-order valence-electron chi connectivity index (χ1n) is 10.8. The van der Waals surface area contributed by atoms with Crippen molar-refractivity contribution in [2.24, 2.45) is 0 Å². The van der Waals surface area contributed by atoms with Gasteiger partial charge in [-0.25, -0.2) is 13.9 Å². The predicted octanol–water partition coefficient (Wildman–Crippen LogP) is 3.56. The molecule has 2 aromatic heterocycles. The number of benzene rings is 1. The van der Waals surface area contributed by atoms with Crippen LogP contribution >= 0.6 is 0 Å². The summed E-state index contributed by atoms with van der Waals surface area (Å²) in [7, 11) is 0. The molecule has 7 nitrogen and oxygen atoms in total. The average Bonchev–Trinajstić information content (AvgIpc) is 3.53. The van der Waals surface area contributed by atoms with Gasteiger partial charge in [-0.3, -0.25) is 4.79 Å². The zero-order chi connectivity index (χ0) is 24.3. The SMILES string of the molecule is C[C@]1(O)COCC[C@]1(NC(=O)c1cnn2cc(C3CC3)cnc12)c1ccc(C(F)(F)F)cc1F. The first kappa shape index (κ1) is 22.7. The van der Waals surface area contributed by atoms with E-state index in [9.17, 15) is 23.1 Å². The van der Waals surface area contributed by atoms with Crippen molar-refractivity contribution in [3.05, 3.63) is 64.9 Å². The Balaban J connectivity index is 1.55. The summed E-state index contributed by atoms with van der Waals surface area (Å²) in [5.74, 6) is -1.45. The van der Waals surface area contributed by atoms with Crippen LogP contribution in [0, 0.1) is 5.82 Å². The fraction of sp³-hybridized carbons (Fsp3) is 0.435. The number of fused-ring (bicyclic) bond motifs is 1. The third-order valence-corrected chi connectivity index (χ3v) is 6.68. The maximum absolute atomic E-state index is 15.1. The molecule has 3 heterocycles. The van der Waals surface area contributed by atoms with Crippen LogP contribution in [0.5, 0.6) is 0 Å². The number of rotatable bonds is 4. The fourth-order valence-electron chi connectivity index (χ4n) is 4.55. The van der Waals surface area contributed by atoms with Gasteiger partial charge in [0.15, 0.2) is 5.65 Å². The minimum atomic E-state index is -4.74. The standard InChI is InChI=1S/C23H22F4N4O3/c1-21(33)12-34-7-6-22(21,17-5-4-15(8-18(17)24)23(25,26)27)30-20(32)16-10-29-31-11-14(13-2-3-13)9-28-19(16)31/h4-5,8-11,13,33H,2-3,6-7,12H2,1H3,(H,30,32)/t21-,22-/m0/s1. The zero-order valence-corrected chi connectivity index (χ0v) is 18.2. The Morgan fingerprint density at radius 1 is 1.29 bits per heavy atom. The molecule has 2 aliphatic rings. The Morgan fingerprint density at radius 3 is 2.71 bits per heavy atom. The van der Waals surface area contributed by atoms with Gasteiger partial charge in [0.25, 0.3) is 5.91 Å². The van der Waals surface area contributed by atoms with Crippen molar-refractivity contribution in [1.82, 2.24) is 19.9 Å². The number of aliphatic hydroxyl groups is 1. The molecule has 11 heteroatoms. The lowest BCUT2D eigenvalue weighted by Gasteiger charge is -2.49. The molecule has 0 radical (unpaired) electrons. The van der Waals surface area contributed by atoms with E-state index in [0.29, 0.717) is 12.0 Å². The molecule has 34 heavy (non-hydrogen) atoms. The number of halogens is 4. The Hall–Kier alpha value is -3.05. The quantitative estimate of drug-likeness (QED) is 0.560. The first-order chi connectivity index (χ1) is 16.0. The van der Waals surface area contributed by atoms with Crippen LogP contribution in [-0.2, 0) is 16.5 Å². The van der Waals surface area contributed by atoms with Gasteiger partial charge >= 0.3 is 6.18 Å². The second kappa shape index (κ2) is 7.74. The third kappa shape index (κ3) is 3.72. The van der Waals surface area contributed by atoms with Crippen LogP contribution in [0.1, 0.15) is 59.2 Å². The molecule has 2 atom stereocenters. The van der Waals surface area contributed by atoms with Crippen LogP contribution in [0.15, 0.2) is 36.8 Å². The van der Waals surface area contributed by atoms with Gasteiger partial charge < -0.3 is 15.2 Å². The topological polar surface area (TPSA) is 88.8 Å². The molecular formula is C23H22F4N4O3. The average molecular weight is 478 g/mol. The van der Waals surface area contributed by atoms with Crippen LogP contribution in [0.4, 0.5) is 17.6 Å². The van der Waals surface area contributed by atoms with Gasteiger partial charge in [-0.1, -0.05) is 6.07 Å². The summed E-state index contributed by atoms with van der Waals surface area (Å²) in [6, 6.07) is 2.05. The number of amides is 1. The summed E-state index contributed by atoms with van der Waals surface area (Å²) in [5.41, 5.74) is -3.62. The van der Waals surface area contributed by atoms with Gasteiger partial charge in [0, 0.05) is 31.0 Å². The minimum absolute atomic E-state index is 0.0502. The number of ether oxygens (including phenoxy) is 1. The Morgan fingerprint density at radius 2 is 2.06 bits per heavy atom. The molecule has 1 saturated heterocycles. The number of nitrogens with one attached hydrogen (secondary N) is 1. The summed E-state index contributed by atoms with van der Waals surface area (Å²) in [6.07, 6.45) is 2.14. The van der Waals surface area contributed by atoms with Crippen LogP contribution in [0.3, 0.4) is 0 Å². The number of hydrogen-bond acceptors (Lipinski definition) is 5. The van der Waals surface area contributed by atoms with E-state index in [1.54, 1.807) is 12.4 Å². The van der Waals surface area contributed by atoms with Gasteiger partial charge in [0.1, 0.15) is 22.5 Å². The predicted molar refractivity (Wildman–Crippen MR) is 112 cm³/mol. The minimum Gasteiger partial charge on any atom is -0.385 e. The van der Waals surface area contributed by atoms with Gasteiger partial charge in [0.05, 0.1) is 18.4 Å². The van der Waals surface area contributed by atoms with E-state index in [0.717, 1.165) is 30.5 Å². The van der Waals surface area contributed by atoms with Crippen LogP contribution in [0.2, 0.25) is 0 Å². The molecular weight excluding hydrogens is 456 g/mol. The normalized spacial score (nSPS) is 25.5. The molecule has 1 amide bonds. The summed E-state index contributed by atoms with van der Waals surface area (Å²) in [6.45, 7) is 1.14. The second-order valence-electron chi connectivity index (χ2n) is 9.12. The first-order valence-corrected chi connectivity index (χ1v) is 10.8. The highest BCUT2D eigenvalue weighted by molar-refractivity contribution is 6.00. The second-order valence-corrected chi connectivity index (χ2v) is 9.12. The number of hydrogen-bond donors (Lipinski definition) is 2.